The number of rotatable bonds is 8. The van der Waals surface area contributed by atoms with Gasteiger partial charge in [-0.3, -0.25) is 0 Å². The van der Waals surface area contributed by atoms with Gasteiger partial charge in [0.25, 0.3) is 0 Å². The average Bonchev–Trinajstić information content (AvgIpc) is 2.38. The summed E-state index contributed by atoms with van der Waals surface area (Å²) >= 11 is 0. The lowest BCUT2D eigenvalue weighted by Gasteiger charge is -2.13. The Balaban J connectivity index is 2.78. The van der Waals surface area contributed by atoms with Crippen molar-refractivity contribution in [2.45, 2.75) is 26.7 Å². The molecule has 0 amide bonds. The van der Waals surface area contributed by atoms with E-state index in [0.29, 0.717) is 19.8 Å². The smallest absolute Gasteiger partial charge is 0.161 e. The highest BCUT2D eigenvalue weighted by molar-refractivity contribution is 5.43. The van der Waals surface area contributed by atoms with Crippen LogP contribution in [0.2, 0.25) is 0 Å². The SMILES string of the molecule is C=C(CC)COc1ccc(CCN)cc1OCC. The zero-order valence-corrected chi connectivity index (χ0v) is 11.4. The van der Waals surface area contributed by atoms with Crippen LogP contribution in [0.15, 0.2) is 30.4 Å². The summed E-state index contributed by atoms with van der Waals surface area (Å²) in [7, 11) is 0. The fourth-order valence-corrected chi connectivity index (χ4v) is 1.54. The van der Waals surface area contributed by atoms with Crippen LogP contribution in [0, 0.1) is 0 Å². The van der Waals surface area contributed by atoms with Crippen molar-refractivity contribution in [3.63, 3.8) is 0 Å². The molecule has 1 aromatic carbocycles. The highest BCUT2D eigenvalue weighted by Crippen LogP contribution is 2.29. The second-order valence-corrected chi connectivity index (χ2v) is 4.15. The molecule has 0 radical (unpaired) electrons. The Labute approximate surface area is 110 Å². The number of hydrogen-bond donors (Lipinski definition) is 1. The van der Waals surface area contributed by atoms with E-state index in [1.165, 1.54) is 5.56 Å². The first kappa shape index (κ1) is 14.6. The summed E-state index contributed by atoms with van der Waals surface area (Å²) in [5.74, 6) is 1.56. The van der Waals surface area contributed by atoms with E-state index in [1.807, 2.05) is 25.1 Å². The van der Waals surface area contributed by atoms with Crippen molar-refractivity contribution in [3.05, 3.63) is 35.9 Å². The molecule has 1 aromatic rings. The molecule has 0 heterocycles. The molecule has 3 heteroatoms. The summed E-state index contributed by atoms with van der Waals surface area (Å²) in [6.07, 6.45) is 1.78. The Morgan fingerprint density at radius 1 is 1.22 bits per heavy atom. The second-order valence-electron chi connectivity index (χ2n) is 4.15. The van der Waals surface area contributed by atoms with E-state index in [0.717, 1.165) is 29.9 Å². The van der Waals surface area contributed by atoms with Gasteiger partial charge in [-0.25, -0.2) is 0 Å². The lowest BCUT2D eigenvalue weighted by atomic mass is 10.1. The normalized spacial score (nSPS) is 10.2. The molecule has 0 aromatic heterocycles. The third-order valence-electron chi connectivity index (χ3n) is 2.67. The monoisotopic (exact) mass is 249 g/mol. The summed E-state index contributed by atoms with van der Waals surface area (Å²) < 4.78 is 11.3. The van der Waals surface area contributed by atoms with Crippen molar-refractivity contribution >= 4 is 0 Å². The van der Waals surface area contributed by atoms with Gasteiger partial charge in [0.1, 0.15) is 6.61 Å². The van der Waals surface area contributed by atoms with Gasteiger partial charge in [-0.15, -0.1) is 0 Å². The van der Waals surface area contributed by atoms with Crippen molar-refractivity contribution in [2.24, 2.45) is 5.73 Å². The van der Waals surface area contributed by atoms with Crippen LogP contribution >= 0.6 is 0 Å². The minimum Gasteiger partial charge on any atom is -0.490 e. The average molecular weight is 249 g/mol. The molecule has 0 aliphatic carbocycles. The predicted molar refractivity (Wildman–Crippen MR) is 75.3 cm³/mol. The first-order valence-corrected chi connectivity index (χ1v) is 6.46. The summed E-state index contributed by atoms with van der Waals surface area (Å²) in [6, 6.07) is 5.97. The van der Waals surface area contributed by atoms with Gasteiger partial charge >= 0.3 is 0 Å². The van der Waals surface area contributed by atoms with Gasteiger partial charge in [-0.1, -0.05) is 19.6 Å². The van der Waals surface area contributed by atoms with E-state index >= 15 is 0 Å². The lowest BCUT2D eigenvalue weighted by molar-refractivity contribution is 0.291. The fraction of sp³-hybridized carbons (Fsp3) is 0.467. The van der Waals surface area contributed by atoms with Crippen molar-refractivity contribution in [1.29, 1.82) is 0 Å². The predicted octanol–water partition coefficient (Wildman–Crippen LogP) is 2.93. The van der Waals surface area contributed by atoms with Crippen molar-refractivity contribution < 1.29 is 9.47 Å². The van der Waals surface area contributed by atoms with E-state index in [9.17, 15) is 0 Å². The molecule has 0 saturated carbocycles. The molecule has 0 saturated heterocycles. The van der Waals surface area contributed by atoms with Gasteiger partial charge < -0.3 is 15.2 Å². The molecule has 0 bridgehead atoms. The second kappa shape index (κ2) is 7.77. The van der Waals surface area contributed by atoms with Crippen LogP contribution in [0.1, 0.15) is 25.8 Å². The highest BCUT2D eigenvalue weighted by Gasteiger charge is 2.06. The van der Waals surface area contributed by atoms with Crippen molar-refractivity contribution in [3.8, 4) is 11.5 Å². The van der Waals surface area contributed by atoms with Gasteiger partial charge in [0.15, 0.2) is 11.5 Å². The number of ether oxygens (including phenoxy) is 2. The fourth-order valence-electron chi connectivity index (χ4n) is 1.54. The third-order valence-corrected chi connectivity index (χ3v) is 2.67. The molecule has 18 heavy (non-hydrogen) atoms. The zero-order valence-electron chi connectivity index (χ0n) is 11.4. The van der Waals surface area contributed by atoms with Crippen molar-refractivity contribution in [2.75, 3.05) is 19.8 Å². The third kappa shape index (κ3) is 4.41. The molecule has 0 fully saturated rings. The molecule has 1 rings (SSSR count). The standard InChI is InChI=1S/C15H23NO2/c1-4-12(3)11-18-14-7-6-13(8-9-16)10-15(14)17-5-2/h6-7,10H,3-5,8-9,11,16H2,1-2H3. The van der Waals surface area contributed by atoms with Crippen LogP contribution in [0.5, 0.6) is 11.5 Å². The largest absolute Gasteiger partial charge is 0.490 e. The topological polar surface area (TPSA) is 44.5 Å². The van der Waals surface area contributed by atoms with E-state index in [4.69, 9.17) is 15.2 Å². The van der Waals surface area contributed by atoms with Crippen LogP contribution in [0.3, 0.4) is 0 Å². The van der Waals surface area contributed by atoms with Crippen LogP contribution in [0.4, 0.5) is 0 Å². The summed E-state index contributed by atoms with van der Waals surface area (Å²) in [6.45, 7) is 9.75. The Morgan fingerprint density at radius 2 is 2.00 bits per heavy atom. The van der Waals surface area contributed by atoms with Gasteiger partial charge in [0.05, 0.1) is 6.61 Å². The Kier molecular flexibility index (Phi) is 6.29. The van der Waals surface area contributed by atoms with Crippen LogP contribution in [0.25, 0.3) is 0 Å². The maximum atomic E-state index is 5.72. The Morgan fingerprint density at radius 3 is 2.61 bits per heavy atom. The molecular formula is C15H23NO2. The van der Waals surface area contributed by atoms with Gasteiger partial charge in [0.2, 0.25) is 0 Å². The van der Waals surface area contributed by atoms with E-state index in [2.05, 4.69) is 13.5 Å². The Bertz CT molecular complexity index is 388. The summed E-state index contributed by atoms with van der Waals surface area (Å²) in [5.41, 5.74) is 7.80. The van der Waals surface area contributed by atoms with Crippen molar-refractivity contribution in [1.82, 2.24) is 0 Å². The highest BCUT2D eigenvalue weighted by atomic mass is 16.5. The maximum Gasteiger partial charge on any atom is 0.161 e. The molecule has 0 unspecified atom stereocenters. The molecule has 2 N–H and O–H groups in total. The van der Waals surface area contributed by atoms with Gasteiger partial charge in [-0.05, 0) is 49.6 Å². The number of nitrogens with two attached hydrogens (primary N) is 1. The first-order chi connectivity index (χ1) is 8.71. The lowest BCUT2D eigenvalue weighted by Crippen LogP contribution is -2.05. The molecule has 3 nitrogen and oxygen atoms in total. The molecule has 0 aliphatic rings. The molecule has 0 atom stereocenters. The molecule has 0 aliphatic heterocycles. The Hall–Kier alpha value is -1.48. The van der Waals surface area contributed by atoms with E-state index < -0.39 is 0 Å². The maximum absolute atomic E-state index is 5.72. The van der Waals surface area contributed by atoms with Crippen LogP contribution < -0.4 is 15.2 Å². The molecule has 0 spiro atoms. The number of benzene rings is 1. The van der Waals surface area contributed by atoms with Crippen LogP contribution in [-0.4, -0.2) is 19.8 Å². The first-order valence-electron chi connectivity index (χ1n) is 6.46. The van der Waals surface area contributed by atoms with Gasteiger partial charge in [0, 0.05) is 0 Å². The number of hydrogen-bond acceptors (Lipinski definition) is 3. The zero-order chi connectivity index (χ0) is 13.4. The van der Waals surface area contributed by atoms with E-state index in [1.54, 1.807) is 0 Å². The molecular weight excluding hydrogens is 226 g/mol. The summed E-state index contributed by atoms with van der Waals surface area (Å²) in [4.78, 5) is 0. The quantitative estimate of drug-likeness (QED) is 0.720. The van der Waals surface area contributed by atoms with E-state index in [-0.39, 0.29) is 0 Å². The molecule has 100 valence electrons. The van der Waals surface area contributed by atoms with Crippen LogP contribution in [-0.2, 0) is 6.42 Å². The minimum atomic E-state index is 0.535. The van der Waals surface area contributed by atoms with Gasteiger partial charge in [-0.2, -0.15) is 0 Å². The minimum absolute atomic E-state index is 0.535. The summed E-state index contributed by atoms with van der Waals surface area (Å²) in [5, 5.41) is 0.